The molecule has 0 radical (unpaired) electrons. The molecule has 0 unspecified atom stereocenters. The van der Waals surface area contributed by atoms with Crippen molar-refractivity contribution in [3.63, 3.8) is 0 Å². The Balaban J connectivity index is 0.000000364. The van der Waals surface area contributed by atoms with E-state index in [0.29, 0.717) is 0 Å². The van der Waals surface area contributed by atoms with Crippen LogP contribution < -0.4 is 0 Å². The van der Waals surface area contributed by atoms with Crippen molar-refractivity contribution in [2.45, 2.75) is 69.2 Å². The van der Waals surface area contributed by atoms with E-state index in [4.69, 9.17) is 0 Å². The van der Waals surface area contributed by atoms with E-state index in [9.17, 15) is 0 Å². The van der Waals surface area contributed by atoms with Crippen LogP contribution in [0.2, 0.25) is 0 Å². The second-order valence-electron chi connectivity index (χ2n) is 6.25. The van der Waals surface area contributed by atoms with Crippen LogP contribution in [-0.4, -0.2) is 0 Å². The van der Waals surface area contributed by atoms with Gasteiger partial charge < -0.3 is 0 Å². The Bertz CT molecular complexity index is 404. The average Bonchev–Trinajstić information content (AvgIpc) is 2.71. The molecule has 2 aromatic carbocycles. The first-order valence-corrected chi connectivity index (χ1v) is 7.50. The first kappa shape index (κ1) is 20.6. The minimum atomic E-state index is 0. The Labute approximate surface area is 150 Å². The quantitative estimate of drug-likeness (QED) is 0.513. The Hall–Kier alpha value is -0.417. The summed E-state index contributed by atoms with van der Waals surface area (Å²) in [6.45, 7) is 22.0. The summed E-state index contributed by atoms with van der Waals surface area (Å²) in [4.78, 5) is 0. The topological polar surface area (TPSA) is 0 Å². The molecule has 0 aromatic heterocycles. The van der Waals surface area contributed by atoms with Crippen LogP contribution in [0.1, 0.15) is 55.6 Å². The van der Waals surface area contributed by atoms with Crippen molar-refractivity contribution >= 4 is 0 Å². The molecule has 114 valence electrons. The van der Waals surface area contributed by atoms with Gasteiger partial charge >= 0.3 is 26.2 Å². The van der Waals surface area contributed by atoms with Gasteiger partial charge in [-0.15, -0.1) is 0 Å². The smallest absolute Gasteiger partial charge is 0.196 e. The van der Waals surface area contributed by atoms with Gasteiger partial charge in [0.15, 0.2) is 0 Å². The Morgan fingerprint density at radius 2 is 0.571 bits per heavy atom. The predicted octanol–water partition coefficient (Wildman–Crippen LogP) is 5.89. The fourth-order valence-corrected chi connectivity index (χ4v) is 2.81. The van der Waals surface area contributed by atoms with E-state index in [0.717, 1.165) is 0 Å². The predicted molar refractivity (Wildman–Crippen MR) is 91.4 cm³/mol. The molecule has 0 spiro atoms. The zero-order valence-electron chi connectivity index (χ0n) is 15.5. The van der Waals surface area contributed by atoms with Crippen LogP contribution in [-0.2, 0) is 26.2 Å². The molecule has 0 amide bonds. The standard InChI is InChI=1S/2C10H15.Zr/c2*1-6-7(2)9(4)10(5)8(6)3;/h2*1-5H3;/q2*-1;+2. The van der Waals surface area contributed by atoms with Crippen molar-refractivity contribution in [1.29, 1.82) is 0 Å². The van der Waals surface area contributed by atoms with E-state index in [1.54, 1.807) is 0 Å². The van der Waals surface area contributed by atoms with Gasteiger partial charge in [-0.2, -0.15) is 55.6 Å². The van der Waals surface area contributed by atoms with Crippen molar-refractivity contribution in [2.75, 3.05) is 0 Å². The molecular weight excluding hydrogens is 331 g/mol. The first-order chi connectivity index (χ1) is 9.11. The summed E-state index contributed by atoms with van der Waals surface area (Å²) >= 11 is 0. The molecule has 0 aliphatic rings. The van der Waals surface area contributed by atoms with Gasteiger partial charge in [0.2, 0.25) is 0 Å². The third-order valence-corrected chi connectivity index (χ3v) is 5.62. The SMILES string of the molecule is Cc1c(C)c(C)[c-](C)c1C.Cc1c(C)c(C)[c-](C)c1C.[Zr+2]. The summed E-state index contributed by atoms with van der Waals surface area (Å²) in [5, 5.41) is 0. The molecule has 0 saturated heterocycles. The van der Waals surface area contributed by atoms with E-state index in [-0.39, 0.29) is 26.2 Å². The summed E-state index contributed by atoms with van der Waals surface area (Å²) in [5.74, 6) is 0. The molecule has 0 bridgehead atoms. The monoisotopic (exact) mass is 360 g/mol. The van der Waals surface area contributed by atoms with Crippen LogP contribution in [0, 0.1) is 69.2 Å². The molecule has 0 heterocycles. The maximum absolute atomic E-state index is 2.20. The molecule has 0 aliphatic carbocycles. The molecule has 0 nitrogen and oxygen atoms in total. The Morgan fingerprint density at radius 3 is 0.619 bits per heavy atom. The van der Waals surface area contributed by atoms with Crippen molar-refractivity contribution < 1.29 is 26.2 Å². The van der Waals surface area contributed by atoms with E-state index >= 15 is 0 Å². The van der Waals surface area contributed by atoms with Crippen molar-refractivity contribution in [2.24, 2.45) is 0 Å². The maximum Gasteiger partial charge on any atom is 2.00 e. The minimum absolute atomic E-state index is 0. The van der Waals surface area contributed by atoms with Gasteiger partial charge in [0.25, 0.3) is 0 Å². The van der Waals surface area contributed by atoms with Crippen LogP contribution in [0.5, 0.6) is 0 Å². The Kier molecular flexibility index (Phi) is 7.57. The molecule has 0 fully saturated rings. The van der Waals surface area contributed by atoms with Crippen molar-refractivity contribution in [3.05, 3.63) is 55.6 Å². The summed E-state index contributed by atoms with van der Waals surface area (Å²) < 4.78 is 0. The van der Waals surface area contributed by atoms with Crippen LogP contribution in [0.25, 0.3) is 0 Å². The van der Waals surface area contributed by atoms with E-state index in [1.807, 2.05) is 0 Å². The minimum Gasteiger partial charge on any atom is -0.196 e. The van der Waals surface area contributed by atoms with Gasteiger partial charge in [-0.1, -0.05) is 69.2 Å². The number of hydrogen-bond acceptors (Lipinski definition) is 0. The van der Waals surface area contributed by atoms with E-state index in [1.165, 1.54) is 55.6 Å². The molecule has 0 atom stereocenters. The molecule has 0 saturated carbocycles. The molecule has 21 heavy (non-hydrogen) atoms. The zero-order chi connectivity index (χ0) is 15.8. The largest absolute Gasteiger partial charge is 2.00 e. The van der Waals surface area contributed by atoms with E-state index in [2.05, 4.69) is 69.2 Å². The zero-order valence-corrected chi connectivity index (χ0v) is 18.0. The normalized spacial score (nSPS) is 10.0. The second-order valence-corrected chi connectivity index (χ2v) is 6.25. The van der Waals surface area contributed by atoms with Gasteiger partial charge in [-0.05, 0) is 0 Å². The van der Waals surface area contributed by atoms with Crippen LogP contribution >= 0.6 is 0 Å². The molecule has 2 rings (SSSR count). The fourth-order valence-electron chi connectivity index (χ4n) is 2.81. The van der Waals surface area contributed by atoms with Gasteiger partial charge in [-0.25, -0.2) is 0 Å². The molecule has 0 aliphatic heterocycles. The summed E-state index contributed by atoms with van der Waals surface area (Å²) in [6.07, 6.45) is 0. The van der Waals surface area contributed by atoms with Gasteiger partial charge in [-0.3, -0.25) is 0 Å². The van der Waals surface area contributed by atoms with Crippen molar-refractivity contribution in [3.8, 4) is 0 Å². The summed E-state index contributed by atoms with van der Waals surface area (Å²) in [7, 11) is 0. The molecule has 2 aromatic rings. The second kappa shape index (κ2) is 7.73. The van der Waals surface area contributed by atoms with Gasteiger partial charge in [0, 0.05) is 0 Å². The van der Waals surface area contributed by atoms with Crippen molar-refractivity contribution in [1.82, 2.24) is 0 Å². The van der Waals surface area contributed by atoms with E-state index < -0.39 is 0 Å². The van der Waals surface area contributed by atoms with Crippen LogP contribution in [0.4, 0.5) is 0 Å². The average molecular weight is 362 g/mol. The number of hydrogen-bond donors (Lipinski definition) is 0. The number of rotatable bonds is 0. The Morgan fingerprint density at radius 1 is 0.429 bits per heavy atom. The van der Waals surface area contributed by atoms with Crippen LogP contribution in [0.3, 0.4) is 0 Å². The summed E-state index contributed by atoms with van der Waals surface area (Å²) in [6, 6.07) is 0. The molecule has 1 heteroatoms. The van der Waals surface area contributed by atoms with Gasteiger partial charge in [0.1, 0.15) is 0 Å². The molecule has 0 N–H and O–H groups in total. The maximum atomic E-state index is 2.20. The molecular formula is C20H30Zr. The van der Waals surface area contributed by atoms with Gasteiger partial charge in [0.05, 0.1) is 0 Å². The first-order valence-electron chi connectivity index (χ1n) is 7.50. The van der Waals surface area contributed by atoms with Crippen LogP contribution in [0.15, 0.2) is 0 Å². The summed E-state index contributed by atoms with van der Waals surface area (Å²) in [5.41, 5.74) is 14.7. The fraction of sp³-hybridized carbons (Fsp3) is 0.500. The third kappa shape index (κ3) is 3.86. The third-order valence-electron chi connectivity index (χ3n) is 5.62.